The summed E-state index contributed by atoms with van der Waals surface area (Å²) in [4.78, 5) is 0. The molecule has 0 aliphatic carbocycles. The van der Waals surface area contributed by atoms with Crippen LogP contribution in [0.15, 0.2) is 0 Å². The summed E-state index contributed by atoms with van der Waals surface area (Å²) in [5, 5.41) is 0. The summed E-state index contributed by atoms with van der Waals surface area (Å²) in [7, 11) is 0. The molecule has 0 aliphatic heterocycles. The molecule has 6 heavy (non-hydrogen) atoms. The molecule has 0 atom stereocenters. The quantitative estimate of drug-likeness (QED) is 0.176. The van der Waals surface area contributed by atoms with Crippen molar-refractivity contribution in [1.29, 1.82) is 0 Å². The first-order chi connectivity index (χ1) is 0. The molecule has 32 valence electrons. The van der Waals surface area contributed by atoms with Crippen LogP contribution in [0.5, 0.6) is 0 Å². The second-order valence-corrected chi connectivity index (χ2v) is 0. The van der Waals surface area contributed by atoms with Gasteiger partial charge in [0.05, 0.1) is 0 Å². The molecule has 0 aromatic rings. The summed E-state index contributed by atoms with van der Waals surface area (Å²) in [5.41, 5.74) is 0. The van der Waals surface area contributed by atoms with Crippen molar-refractivity contribution in [2.45, 2.75) is 0 Å². The minimum Gasteiger partial charge on any atom is -1.00 e. The summed E-state index contributed by atoms with van der Waals surface area (Å²) in [5.74, 6) is 0. The second kappa shape index (κ2) is 30.7. The fourth-order valence-corrected chi connectivity index (χ4v) is 0. The van der Waals surface area contributed by atoms with E-state index < -0.39 is 0 Å². The Morgan fingerprint density at radius 3 is 0.333 bits per heavy atom. The predicted octanol–water partition coefficient (Wildman–Crippen LogP) is -12.7. The Kier molecular flexibility index (Phi) is 208. The molecular weight excluding hydrogens is 683 g/mol. The van der Waals surface area contributed by atoms with Crippen LogP contribution in [0.2, 0.25) is 0 Å². The zero-order valence-electron chi connectivity index (χ0n) is 2.93. The van der Waals surface area contributed by atoms with Crippen LogP contribution in [0, 0.1) is 0 Å². The first kappa shape index (κ1) is 40.7. The van der Waals surface area contributed by atoms with Gasteiger partial charge < -0.3 is 95.9 Å². The fourth-order valence-electron chi connectivity index (χ4n) is 0. The molecule has 0 spiro atoms. The summed E-state index contributed by atoms with van der Waals surface area (Å²) in [6.07, 6.45) is 0. The van der Waals surface area contributed by atoms with E-state index >= 15 is 0 Å². The van der Waals surface area contributed by atoms with Crippen LogP contribution in [0.3, 0.4) is 0 Å². The van der Waals surface area contributed by atoms with Crippen molar-refractivity contribution in [3.63, 3.8) is 0 Å². The molecule has 0 radical (unpaired) electrons. The molecule has 0 aromatic heterocycles. The standard InChI is InChI=1S/4HI.2Sr/h4*1H;;/q;;;;2*+2/p-4. The van der Waals surface area contributed by atoms with Crippen molar-refractivity contribution in [1.82, 2.24) is 0 Å². The van der Waals surface area contributed by atoms with Crippen LogP contribution in [0.4, 0.5) is 0 Å². The zero-order valence-corrected chi connectivity index (χ0v) is 18.5. The average Bonchev–Trinajstić information content (AvgIpc) is 0. The SMILES string of the molecule is [I-].[I-].[I-].[I-].[Sr+2].[Sr+2]. The van der Waals surface area contributed by atoms with Gasteiger partial charge in [-0.15, -0.1) is 0 Å². The molecule has 0 saturated carbocycles. The van der Waals surface area contributed by atoms with E-state index in [0.717, 1.165) is 0 Å². The van der Waals surface area contributed by atoms with Crippen molar-refractivity contribution in [3.8, 4) is 0 Å². The van der Waals surface area contributed by atoms with Gasteiger partial charge in [-0.1, -0.05) is 0 Å². The molecule has 0 aromatic carbocycles. The molecule has 0 aliphatic rings. The third kappa shape index (κ3) is 22.5. The maximum absolute atomic E-state index is 0. The number of halogens is 4. The molecule has 0 fully saturated rings. The Hall–Kier alpha value is 5.88. The van der Waals surface area contributed by atoms with Gasteiger partial charge in [0.2, 0.25) is 0 Å². The van der Waals surface area contributed by atoms with Crippen LogP contribution in [0.1, 0.15) is 0 Å². The van der Waals surface area contributed by atoms with Gasteiger partial charge in [-0.25, -0.2) is 0 Å². The van der Waals surface area contributed by atoms with E-state index in [0.29, 0.717) is 0 Å². The van der Waals surface area contributed by atoms with Gasteiger partial charge in [0.1, 0.15) is 0 Å². The molecular formula is I4Sr2. The van der Waals surface area contributed by atoms with E-state index in [1.807, 2.05) is 0 Å². The van der Waals surface area contributed by atoms with Crippen molar-refractivity contribution in [2.75, 3.05) is 0 Å². The summed E-state index contributed by atoms with van der Waals surface area (Å²) >= 11 is 0. The molecule has 0 heterocycles. The third-order valence-electron chi connectivity index (χ3n) is 0. The molecule has 0 amide bonds. The maximum atomic E-state index is 0. The molecule has 6 heteroatoms. The molecule has 0 nitrogen and oxygen atoms in total. The Labute approximate surface area is 181 Å². The Balaban J connectivity index is 0. The first-order valence-corrected chi connectivity index (χ1v) is 0. The van der Waals surface area contributed by atoms with E-state index in [4.69, 9.17) is 0 Å². The van der Waals surface area contributed by atoms with Gasteiger partial charge in [0, 0.05) is 0 Å². The monoisotopic (exact) mass is 683 g/mol. The number of rotatable bonds is 0. The topological polar surface area (TPSA) is 0 Å². The van der Waals surface area contributed by atoms with Crippen molar-refractivity contribution in [3.05, 3.63) is 0 Å². The summed E-state index contributed by atoms with van der Waals surface area (Å²) in [6, 6.07) is 0. The number of hydrogen-bond donors (Lipinski definition) is 0. The zero-order chi connectivity index (χ0) is 0. The summed E-state index contributed by atoms with van der Waals surface area (Å²) in [6.45, 7) is 0. The Morgan fingerprint density at radius 1 is 0.333 bits per heavy atom. The van der Waals surface area contributed by atoms with Crippen LogP contribution in [-0.4, -0.2) is 91.0 Å². The van der Waals surface area contributed by atoms with E-state index in [-0.39, 0.29) is 187 Å². The third-order valence-corrected chi connectivity index (χ3v) is 0. The van der Waals surface area contributed by atoms with Gasteiger partial charge >= 0.3 is 91.0 Å². The van der Waals surface area contributed by atoms with Gasteiger partial charge in [0.15, 0.2) is 0 Å². The van der Waals surface area contributed by atoms with E-state index in [1.165, 1.54) is 0 Å². The van der Waals surface area contributed by atoms with Gasteiger partial charge in [-0.2, -0.15) is 0 Å². The minimum absolute atomic E-state index is 0. The average molecular weight is 683 g/mol. The smallest absolute Gasteiger partial charge is 1.00 e. The second-order valence-electron chi connectivity index (χ2n) is 0. The van der Waals surface area contributed by atoms with E-state index in [1.54, 1.807) is 0 Å². The summed E-state index contributed by atoms with van der Waals surface area (Å²) < 4.78 is 0. The van der Waals surface area contributed by atoms with Crippen LogP contribution in [-0.2, 0) is 0 Å². The Morgan fingerprint density at radius 2 is 0.333 bits per heavy atom. The van der Waals surface area contributed by atoms with Crippen LogP contribution in [0.25, 0.3) is 0 Å². The molecule has 0 unspecified atom stereocenters. The molecule has 0 rings (SSSR count). The minimum atomic E-state index is 0. The van der Waals surface area contributed by atoms with Gasteiger partial charge in [-0.05, 0) is 0 Å². The Bertz CT molecular complexity index is 5.51. The first-order valence-electron chi connectivity index (χ1n) is 0. The fraction of sp³-hybridized carbons (Fsp3) is 0. The van der Waals surface area contributed by atoms with E-state index in [9.17, 15) is 0 Å². The molecule has 0 bridgehead atoms. The van der Waals surface area contributed by atoms with E-state index in [2.05, 4.69) is 0 Å². The molecule has 0 saturated heterocycles. The van der Waals surface area contributed by atoms with Crippen LogP contribution >= 0.6 is 0 Å². The van der Waals surface area contributed by atoms with Gasteiger partial charge in [-0.3, -0.25) is 0 Å². The number of hydrogen-bond acceptors (Lipinski definition) is 0. The van der Waals surface area contributed by atoms with Crippen molar-refractivity contribution < 1.29 is 95.9 Å². The largest absolute Gasteiger partial charge is 2.00 e. The predicted molar refractivity (Wildman–Crippen MR) is 11.5 cm³/mol. The van der Waals surface area contributed by atoms with Crippen molar-refractivity contribution >= 4 is 91.0 Å². The van der Waals surface area contributed by atoms with Gasteiger partial charge in [0.25, 0.3) is 0 Å². The molecule has 0 N–H and O–H groups in total. The van der Waals surface area contributed by atoms with Crippen LogP contribution < -0.4 is 95.9 Å². The van der Waals surface area contributed by atoms with Crippen molar-refractivity contribution in [2.24, 2.45) is 0 Å². The normalized spacial score (nSPS) is 0. The maximum Gasteiger partial charge on any atom is 2.00 e.